The van der Waals surface area contributed by atoms with E-state index in [-0.39, 0.29) is 0 Å². The zero-order valence-corrected chi connectivity index (χ0v) is 17.8. The van der Waals surface area contributed by atoms with Crippen LogP contribution in [-0.2, 0) is 0 Å². The number of benzene rings is 1. The number of aromatic nitrogens is 1. The second-order valence-corrected chi connectivity index (χ2v) is 10.1. The summed E-state index contributed by atoms with van der Waals surface area (Å²) in [5, 5.41) is 2.46. The molecule has 5 heteroatoms. The van der Waals surface area contributed by atoms with Crippen molar-refractivity contribution in [1.82, 2.24) is 4.98 Å². The third-order valence-electron chi connectivity index (χ3n) is 4.31. The molecule has 0 fully saturated rings. The molecule has 0 N–H and O–H groups in total. The van der Waals surface area contributed by atoms with Crippen molar-refractivity contribution >= 4 is 49.2 Å². The van der Waals surface area contributed by atoms with Crippen LogP contribution in [0.2, 0.25) is 0 Å². The minimum absolute atomic E-state index is 0.503. The average molecular weight is 399 g/mol. The van der Waals surface area contributed by atoms with E-state index in [1.807, 2.05) is 28.7 Å². The highest BCUT2D eigenvalue weighted by atomic mass is 32.1. The number of hydrogen-bond acceptors (Lipinski definition) is 5. The number of rotatable bonds is 5. The highest BCUT2D eigenvalue weighted by molar-refractivity contribution is 7.28. The zero-order chi connectivity index (χ0) is 18.3. The number of anilines is 1. The lowest BCUT2D eigenvalue weighted by molar-refractivity contribution is 0.613. The summed E-state index contributed by atoms with van der Waals surface area (Å²) < 4.78 is 1.25. The van der Waals surface area contributed by atoms with Gasteiger partial charge in [-0.1, -0.05) is 12.1 Å². The number of thiazole rings is 1. The second kappa shape index (κ2) is 7.14. The van der Waals surface area contributed by atoms with Crippen LogP contribution in [0.15, 0.2) is 48.5 Å². The van der Waals surface area contributed by atoms with Crippen molar-refractivity contribution in [3.05, 3.63) is 48.5 Å². The number of fused-ring (bicyclic) bond motifs is 1. The summed E-state index contributed by atoms with van der Waals surface area (Å²) in [4.78, 5) is 11.2. The van der Waals surface area contributed by atoms with Gasteiger partial charge in [0, 0.05) is 21.8 Å². The van der Waals surface area contributed by atoms with Crippen LogP contribution in [-0.4, -0.2) is 17.1 Å². The summed E-state index contributed by atoms with van der Waals surface area (Å²) >= 11 is 5.49. The Labute approximate surface area is 166 Å². The molecule has 0 aliphatic carbocycles. The first-order valence-electron chi connectivity index (χ1n) is 8.87. The van der Waals surface area contributed by atoms with Crippen LogP contribution >= 0.6 is 34.0 Å². The molecule has 0 bridgehead atoms. The van der Waals surface area contributed by atoms with Crippen LogP contribution in [0, 0.1) is 0 Å². The fourth-order valence-electron chi connectivity index (χ4n) is 3.27. The lowest BCUT2D eigenvalue weighted by Gasteiger charge is -2.31. The molecule has 0 atom stereocenters. The lowest BCUT2D eigenvalue weighted by atomic mass is 10.2. The Morgan fingerprint density at radius 3 is 2.12 bits per heavy atom. The van der Waals surface area contributed by atoms with Crippen LogP contribution in [0.5, 0.6) is 0 Å². The van der Waals surface area contributed by atoms with Gasteiger partial charge in [0.15, 0.2) is 0 Å². The molecule has 0 saturated carbocycles. The molecule has 2 nitrogen and oxygen atoms in total. The SMILES string of the molecule is CC(C)N(c1ccc(-c2ccc(-c3nc4ccccc4s3)s2)s1)C(C)C. The van der Waals surface area contributed by atoms with Crippen molar-refractivity contribution in [2.75, 3.05) is 4.90 Å². The van der Waals surface area contributed by atoms with Crippen molar-refractivity contribution in [1.29, 1.82) is 0 Å². The molecular formula is C21H22N2S3. The van der Waals surface area contributed by atoms with Crippen LogP contribution in [0.3, 0.4) is 0 Å². The van der Waals surface area contributed by atoms with Crippen LogP contribution in [0.1, 0.15) is 27.7 Å². The van der Waals surface area contributed by atoms with Crippen molar-refractivity contribution in [3.63, 3.8) is 0 Å². The van der Waals surface area contributed by atoms with Gasteiger partial charge in [-0.15, -0.1) is 34.0 Å². The van der Waals surface area contributed by atoms with Gasteiger partial charge in [0.25, 0.3) is 0 Å². The summed E-state index contributed by atoms with van der Waals surface area (Å²) in [6.07, 6.45) is 0. The third kappa shape index (κ3) is 3.31. The Morgan fingerprint density at radius 2 is 1.38 bits per heavy atom. The fraction of sp³-hybridized carbons (Fsp3) is 0.286. The molecule has 134 valence electrons. The van der Waals surface area contributed by atoms with Gasteiger partial charge in [0.2, 0.25) is 0 Å². The summed E-state index contributed by atoms with van der Waals surface area (Å²) in [6.45, 7) is 9.04. The maximum Gasteiger partial charge on any atom is 0.134 e. The van der Waals surface area contributed by atoms with Crippen molar-refractivity contribution in [2.45, 2.75) is 39.8 Å². The van der Waals surface area contributed by atoms with E-state index in [1.54, 1.807) is 11.3 Å². The Bertz CT molecular complexity index is 982. The van der Waals surface area contributed by atoms with Gasteiger partial charge in [0.1, 0.15) is 5.01 Å². The second-order valence-electron chi connectivity index (χ2n) is 6.88. The number of nitrogens with zero attached hydrogens (tertiary/aromatic N) is 2. The minimum Gasteiger partial charge on any atom is -0.359 e. The Balaban J connectivity index is 1.64. The molecule has 0 radical (unpaired) electrons. The van der Waals surface area contributed by atoms with Gasteiger partial charge in [-0.3, -0.25) is 0 Å². The number of hydrogen-bond donors (Lipinski definition) is 0. The standard InChI is InChI=1S/C21H22N2S3/c1-13(2)23(14(3)4)20-12-11-18(25-20)17-9-10-19(24-17)21-22-15-7-5-6-8-16(15)26-21/h5-14H,1-4H3. The highest BCUT2D eigenvalue weighted by Gasteiger charge is 2.17. The summed E-state index contributed by atoms with van der Waals surface area (Å²) in [5.74, 6) is 0. The number of para-hydroxylation sites is 1. The van der Waals surface area contributed by atoms with E-state index in [4.69, 9.17) is 4.98 Å². The van der Waals surface area contributed by atoms with Gasteiger partial charge in [-0.25, -0.2) is 4.98 Å². The van der Waals surface area contributed by atoms with Gasteiger partial charge in [-0.05, 0) is 64.1 Å². The molecule has 0 amide bonds. The molecule has 3 heterocycles. The van der Waals surface area contributed by atoms with E-state index < -0.39 is 0 Å². The maximum absolute atomic E-state index is 4.79. The monoisotopic (exact) mass is 398 g/mol. The van der Waals surface area contributed by atoms with Gasteiger partial charge < -0.3 is 4.90 Å². The van der Waals surface area contributed by atoms with Crippen LogP contribution in [0.25, 0.3) is 29.9 Å². The smallest absolute Gasteiger partial charge is 0.134 e. The predicted molar refractivity (Wildman–Crippen MR) is 119 cm³/mol. The Morgan fingerprint density at radius 1 is 0.731 bits per heavy atom. The van der Waals surface area contributed by atoms with E-state index in [0.29, 0.717) is 12.1 Å². The summed E-state index contributed by atoms with van der Waals surface area (Å²) in [6, 6.07) is 18.3. The fourth-order valence-corrected chi connectivity index (χ4v) is 6.66. The molecule has 26 heavy (non-hydrogen) atoms. The average Bonchev–Trinajstić information content (AvgIpc) is 3.32. The molecule has 0 saturated heterocycles. The molecule has 0 aliphatic heterocycles. The summed E-state index contributed by atoms with van der Waals surface area (Å²) in [5.41, 5.74) is 1.09. The predicted octanol–water partition coefficient (Wildman–Crippen LogP) is 7.38. The first-order chi connectivity index (χ1) is 12.5. The largest absolute Gasteiger partial charge is 0.359 e. The Kier molecular flexibility index (Phi) is 4.86. The first-order valence-corrected chi connectivity index (χ1v) is 11.3. The van der Waals surface area contributed by atoms with Crippen LogP contribution in [0.4, 0.5) is 5.00 Å². The van der Waals surface area contributed by atoms with Crippen LogP contribution < -0.4 is 4.90 Å². The van der Waals surface area contributed by atoms with E-state index >= 15 is 0 Å². The van der Waals surface area contributed by atoms with Gasteiger partial charge in [0.05, 0.1) is 20.1 Å². The molecular weight excluding hydrogens is 376 g/mol. The molecule has 1 aromatic carbocycles. The number of thiophene rings is 2. The maximum atomic E-state index is 4.79. The summed E-state index contributed by atoms with van der Waals surface area (Å²) in [7, 11) is 0. The molecule has 4 aromatic rings. The molecule has 3 aromatic heterocycles. The molecule has 0 spiro atoms. The van der Waals surface area contributed by atoms with Crippen molar-refractivity contribution < 1.29 is 0 Å². The normalized spacial score (nSPS) is 11.8. The van der Waals surface area contributed by atoms with Crippen molar-refractivity contribution in [3.8, 4) is 19.6 Å². The van der Waals surface area contributed by atoms with E-state index in [2.05, 4.69) is 75.1 Å². The lowest BCUT2D eigenvalue weighted by Crippen LogP contribution is -2.36. The zero-order valence-electron chi connectivity index (χ0n) is 15.4. The van der Waals surface area contributed by atoms with E-state index in [1.165, 1.54) is 24.3 Å². The third-order valence-corrected chi connectivity index (χ3v) is 7.90. The van der Waals surface area contributed by atoms with Crippen molar-refractivity contribution in [2.24, 2.45) is 0 Å². The first kappa shape index (κ1) is 17.7. The Hall–Kier alpha value is -1.69. The van der Waals surface area contributed by atoms with E-state index in [9.17, 15) is 0 Å². The molecule has 4 rings (SSSR count). The topological polar surface area (TPSA) is 16.1 Å². The molecule has 0 unspecified atom stereocenters. The van der Waals surface area contributed by atoms with Gasteiger partial charge >= 0.3 is 0 Å². The minimum atomic E-state index is 0.503. The van der Waals surface area contributed by atoms with Gasteiger partial charge in [-0.2, -0.15) is 0 Å². The van der Waals surface area contributed by atoms with E-state index in [0.717, 1.165) is 10.5 Å². The highest BCUT2D eigenvalue weighted by Crippen LogP contribution is 2.42. The molecule has 0 aliphatic rings. The quantitative estimate of drug-likeness (QED) is 0.349.